The molecule has 0 aliphatic heterocycles. The number of benzene rings is 1. The number of aryl methyl sites for hydroxylation is 1. The van der Waals surface area contributed by atoms with Crippen LogP contribution in [0, 0.1) is 6.92 Å². The predicted molar refractivity (Wildman–Crippen MR) is 62.1 cm³/mol. The highest BCUT2D eigenvalue weighted by atomic mass is 16.4. The Morgan fingerprint density at radius 3 is 2.65 bits per heavy atom. The van der Waals surface area contributed by atoms with E-state index in [1.807, 2.05) is 0 Å². The molecule has 4 heteroatoms. The number of carboxylic acids is 1. The van der Waals surface area contributed by atoms with Crippen molar-refractivity contribution in [1.29, 1.82) is 0 Å². The van der Waals surface area contributed by atoms with E-state index in [1.165, 1.54) is 0 Å². The van der Waals surface area contributed by atoms with Crippen molar-refractivity contribution in [2.24, 2.45) is 0 Å². The molecule has 0 spiro atoms. The number of aliphatic carboxylic acids is 1. The molecule has 92 valence electrons. The van der Waals surface area contributed by atoms with Crippen LogP contribution in [0.25, 0.3) is 0 Å². The molecular weight excluding hydrogens is 220 g/mol. The number of fused-ring (bicyclic) bond motifs is 1. The molecule has 1 atom stereocenters. The molecule has 1 unspecified atom stereocenters. The van der Waals surface area contributed by atoms with E-state index < -0.39 is 12.1 Å². The van der Waals surface area contributed by atoms with E-state index in [0.717, 1.165) is 42.4 Å². The average Bonchev–Trinajstić information content (AvgIpc) is 2.28. The predicted octanol–water partition coefficient (Wildman–Crippen LogP) is 1.70. The van der Waals surface area contributed by atoms with Crippen LogP contribution in [0.15, 0.2) is 6.07 Å². The summed E-state index contributed by atoms with van der Waals surface area (Å²) in [5.41, 5.74) is 3.02. The van der Waals surface area contributed by atoms with Gasteiger partial charge in [0.25, 0.3) is 0 Å². The van der Waals surface area contributed by atoms with Crippen molar-refractivity contribution in [2.45, 2.75) is 38.7 Å². The molecule has 2 rings (SSSR count). The molecule has 0 saturated heterocycles. The minimum Gasteiger partial charge on any atom is -0.508 e. The molecule has 0 radical (unpaired) electrons. The van der Waals surface area contributed by atoms with Crippen LogP contribution in [-0.2, 0) is 17.6 Å². The summed E-state index contributed by atoms with van der Waals surface area (Å²) in [7, 11) is 0. The van der Waals surface area contributed by atoms with Crippen molar-refractivity contribution in [1.82, 2.24) is 0 Å². The maximum Gasteiger partial charge on any atom is 0.337 e. The Balaban J connectivity index is 2.57. The second kappa shape index (κ2) is 4.37. The van der Waals surface area contributed by atoms with E-state index in [4.69, 9.17) is 5.11 Å². The Hall–Kier alpha value is -1.55. The number of aliphatic hydroxyl groups is 1. The molecule has 0 fully saturated rings. The van der Waals surface area contributed by atoms with Gasteiger partial charge in [-0.3, -0.25) is 0 Å². The number of carbonyl (C=O) groups is 1. The monoisotopic (exact) mass is 236 g/mol. The zero-order chi connectivity index (χ0) is 12.6. The van der Waals surface area contributed by atoms with Gasteiger partial charge in [0.2, 0.25) is 0 Å². The molecule has 0 heterocycles. The van der Waals surface area contributed by atoms with E-state index in [2.05, 4.69) is 0 Å². The number of hydrogen-bond donors (Lipinski definition) is 3. The summed E-state index contributed by atoms with van der Waals surface area (Å²) in [5, 5.41) is 28.3. The maximum atomic E-state index is 10.8. The van der Waals surface area contributed by atoms with Crippen molar-refractivity contribution in [3.63, 3.8) is 0 Å². The summed E-state index contributed by atoms with van der Waals surface area (Å²) in [5.74, 6) is -1.45. The summed E-state index contributed by atoms with van der Waals surface area (Å²) in [6, 6.07) is 1.60. The Bertz CT molecular complexity index is 465. The van der Waals surface area contributed by atoms with Crippen molar-refractivity contribution in [3.8, 4) is 5.75 Å². The molecule has 0 bridgehead atoms. The lowest BCUT2D eigenvalue weighted by Crippen LogP contribution is -2.15. The standard InChI is InChI=1S/C13H16O4/c1-7-9-5-3-2-4-8(9)6-10(14)11(7)12(15)13(16)17/h6,12,14-15H,2-5H2,1H3,(H,16,17). The Morgan fingerprint density at radius 2 is 2.00 bits per heavy atom. The fourth-order valence-electron chi connectivity index (χ4n) is 2.58. The van der Waals surface area contributed by atoms with Gasteiger partial charge in [-0.15, -0.1) is 0 Å². The van der Waals surface area contributed by atoms with Crippen LogP contribution in [0.2, 0.25) is 0 Å². The van der Waals surface area contributed by atoms with Gasteiger partial charge in [-0.1, -0.05) is 0 Å². The first-order valence-electron chi connectivity index (χ1n) is 5.77. The fourth-order valence-corrected chi connectivity index (χ4v) is 2.58. The van der Waals surface area contributed by atoms with E-state index in [9.17, 15) is 15.0 Å². The Kier molecular flexibility index (Phi) is 3.07. The lowest BCUT2D eigenvalue weighted by molar-refractivity contribution is -0.147. The molecule has 0 amide bonds. The van der Waals surface area contributed by atoms with Crippen LogP contribution in [0.4, 0.5) is 0 Å². The molecule has 4 nitrogen and oxygen atoms in total. The molecule has 1 aromatic rings. The second-order valence-electron chi connectivity index (χ2n) is 4.52. The maximum absolute atomic E-state index is 10.8. The molecule has 1 aliphatic carbocycles. The number of carboxylic acid groups (broad SMARTS) is 1. The van der Waals surface area contributed by atoms with Crippen LogP contribution in [-0.4, -0.2) is 21.3 Å². The van der Waals surface area contributed by atoms with Gasteiger partial charge < -0.3 is 15.3 Å². The van der Waals surface area contributed by atoms with E-state index >= 15 is 0 Å². The van der Waals surface area contributed by atoms with Gasteiger partial charge in [-0.2, -0.15) is 0 Å². The highest BCUT2D eigenvalue weighted by Crippen LogP contribution is 2.35. The first-order chi connectivity index (χ1) is 8.02. The SMILES string of the molecule is Cc1c2c(cc(O)c1C(O)C(=O)O)CCCC2. The lowest BCUT2D eigenvalue weighted by atomic mass is 9.85. The van der Waals surface area contributed by atoms with E-state index in [0.29, 0.717) is 0 Å². The van der Waals surface area contributed by atoms with Crippen molar-refractivity contribution in [3.05, 3.63) is 28.3 Å². The first-order valence-corrected chi connectivity index (χ1v) is 5.77. The van der Waals surface area contributed by atoms with Crippen molar-refractivity contribution < 1.29 is 20.1 Å². The summed E-state index contributed by atoms with van der Waals surface area (Å²) in [6.45, 7) is 1.77. The highest BCUT2D eigenvalue weighted by molar-refractivity contribution is 5.76. The number of phenols is 1. The van der Waals surface area contributed by atoms with Gasteiger partial charge >= 0.3 is 5.97 Å². The highest BCUT2D eigenvalue weighted by Gasteiger charge is 2.25. The first kappa shape index (κ1) is 11.9. The smallest absolute Gasteiger partial charge is 0.337 e. The normalized spacial score (nSPS) is 16.4. The quantitative estimate of drug-likeness (QED) is 0.730. The van der Waals surface area contributed by atoms with E-state index in [1.54, 1.807) is 13.0 Å². The van der Waals surface area contributed by atoms with Crippen LogP contribution < -0.4 is 0 Å². The zero-order valence-corrected chi connectivity index (χ0v) is 9.73. The number of aromatic hydroxyl groups is 1. The minimum atomic E-state index is -1.65. The number of hydrogen-bond acceptors (Lipinski definition) is 3. The Labute approximate surface area is 99.5 Å². The molecule has 0 saturated carbocycles. The van der Waals surface area contributed by atoms with Crippen molar-refractivity contribution in [2.75, 3.05) is 0 Å². The topological polar surface area (TPSA) is 77.8 Å². The Morgan fingerprint density at radius 1 is 1.35 bits per heavy atom. The average molecular weight is 236 g/mol. The summed E-state index contributed by atoms with van der Waals surface area (Å²) >= 11 is 0. The number of rotatable bonds is 2. The van der Waals surface area contributed by atoms with Gasteiger partial charge in [0.1, 0.15) is 5.75 Å². The van der Waals surface area contributed by atoms with Crippen LogP contribution in [0.5, 0.6) is 5.75 Å². The summed E-state index contributed by atoms with van der Waals surface area (Å²) in [4.78, 5) is 10.8. The van der Waals surface area contributed by atoms with Crippen LogP contribution in [0.3, 0.4) is 0 Å². The van der Waals surface area contributed by atoms with Gasteiger partial charge in [-0.05, 0) is 55.4 Å². The third-order valence-corrected chi connectivity index (χ3v) is 3.46. The number of aliphatic hydroxyl groups excluding tert-OH is 1. The van der Waals surface area contributed by atoms with Gasteiger partial charge in [0.05, 0.1) is 0 Å². The molecule has 17 heavy (non-hydrogen) atoms. The third-order valence-electron chi connectivity index (χ3n) is 3.46. The summed E-state index contributed by atoms with van der Waals surface area (Å²) < 4.78 is 0. The van der Waals surface area contributed by atoms with Gasteiger partial charge in [0.15, 0.2) is 6.10 Å². The molecule has 1 aromatic carbocycles. The van der Waals surface area contributed by atoms with Crippen LogP contribution in [0.1, 0.15) is 41.2 Å². The summed E-state index contributed by atoms with van der Waals surface area (Å²) in [6.07, 6.45) is 2.31. The molecular formula is C13H16O4. The minimum absolute atomic E-state index is 0.113. The second-order valence-corrected chi connectivity index (χ2v) is 4.52. The van der Waals surface area contributed by atoms with E-state index in [-0.39, 0.29) is 11.3 Å². The van der Waals surface area contributed by atoms with Crippen molar-refractivity contribution >= 4 is 5.97 Å². The largest absolute Gasteiger partial charge is 0.508 e. The third kappa shape index (κ3) is 2.00. The van der Waals surface area contributed by atoms with Gasteiger partial charge in [0, 0.05) is 5.56 Å². The molecule has 3 N–H and O–H groups in total. The lowest BCUT2D eigenvalue weighted by Gasteiger charge is -2.22. The fraction of sp³-hybridized carbons (Fsp3) is 0.462. The van der Waals surface area contributed by atoms with Crippen LogP contribution >= 0.6 is 0 Å². The zero-order valence-electron chi connectivity index (χ0n) is 9.73. The van der Waals surface area contributed by atoms with Gasteiger partial charge in [-0.25, -0.2) is 4.79 Å². The molecule has 1 aliphatic rings. The number of phenolic OH excluding ortho intramolecular Hbond substituents is 1. The molecule has 0 aromatic heterocycles.